The van der Waals surface area contributed by atoms with E-state index in [0.29, 0.717) is 0 Å². The van der Waals surface area contributed by atoms with Crippen molar-refractivity contribution in [1.82, 2.24) is 19.6 Å². The van der Waals surface area contributed by atoms with E-state index in [-0.39, 0.29) is 0 Å². The van der Waals surface area contributed by atoms with Crippen LogP contribution in [0.1, 0.15) is 6.42 Å². The maximum absolute atomic E-state index is 4.66. The number of para-hydroxylation sites is 1. The van der Waals surface area contributed by atoms with E-state index in [1.54, 1.807) is 0 Å². The average Bonchev–Trinajstić information content (AvgIpc) is 2.79. The lowest BCUT2D eigenvalue weighted by Crippen LogP contribution is -2.44. The van der Waals surface area contributed by atoms with Gasteiger partial charge in [-0.05, 0) is 48.7 Å². The number of nitrogens with zero attached hydrogens (tertiary/aromatic N) is 4. The van der Waals surface area contributed by atoms with Crippen LogP contribution in [0.2, 0.25) is 0 Å². The summed E-state index contributed by atoms with van der Waals surface area (Å²) in [5, 5.41) is 5.93. The Morgan fingerprint density at radius 3 is 2.65 bits per heavy atom. The van der Waals surface area contributed by atoms with Crippen molar-refractivity contribution in [3.8, 4) is 0 Å². The summed E-state index contributed by atoms with van der Waals surface area (Å²) in [6.07, 6.45) is 1.17. The topological polar surface area (TPSA) is 24.3 Å². The van der Waals surface area contributed by atoms with Gasteiger partial charge in [-0.15, -0.1) is 0 Å². The Labute approximate surface area is 133 Å². The van der Waals surface area contributed by atoms with Crippen LogP contribution in [0.15, 0.2) is 24.3 Å². The Bertz CT molecular complexity index is 572. The lowest BCUT2D eigenvalue weighted by Gasteiger charge is -2.32. The monoisotopic (exact) mass is 384 g/mol. The zero-order valence-corrected chi connectivity index (χ0v) is 14.1. The van der Waals surface area contributed by atoms with E-state index in [2.05, 4.69) is 73.5 Å². The normalized spacial score (nSPS) is 17.9. The van der Waals surface area contributed by atoms with Crippen molar-refractivity contribution in [2.24, 2.45) is 0 Å². The van der Waals surface area contributed by atoms with Gasteiger partial charge in [0.2, 0.25) is 0 Å². The van der Waals surface area contributed by atoms with Gasteiger partial charge < -0.3 is 9.80 Å². The molecule has 20 heavy (non-hydrogen) atoms. The van der Waals surface area contributed by atoms with E-state index < -0.39 is 0 Å². The molecule has 3 rings (SSSR count). The number of rotatable bonds is 4. The lowest BCUT2D eigenvalue weighted by atomic mass is 10.2. The molecule has 1 aliphatic heterocycles. The highest BCUT2D eigenvalue weighted by atomic mass is 127. The minimum atomic E-state index is 1.01. The van der Waals surface area contributed by atoms with Gasteiger partial charge in [0.25, 0.3) is 0 Å². The number of likely N-dealkylation sites (N-methyl/N-ethyl adjacent to an activating group) is 1. The average molecular weight is 384 g/mol. The first-order valence-electron chi connectivity index (χ1n) is 7.26. The van der Waals surface area contributed by atoms with Crippen LogP contribution in [0.25, 0.3) is 10.9 Å². The Kier molecular flexibility index (Phi) is 4.58. The van der Waals surface area contributed by atoms with Gasteiger partial charge in [0.1, 0.15) is 3.70 Å². The van der Waals surface area contributed by atoms with Crippen LogP contribution in [-0.2, 0) is 6.54 Å². The van der Waals surface area contributed by atoms with E-state index >= 15 is 0 Å². The molecule has 2 heterocycles. The number of fused-ring (bicyclic) bond motifs is 1. The molecule has 0 amide bonds. The van der Waals surface area contributed by atoms with Gasteiger partial charge in [0.15, 0.2) is 0 Å². The Morgan fingerprint density at radius 2 is 1.85 bits per heavy atom. The van der Waals surface area contributed by atoms with Gasteiger partial charge in [-0.1, -0.05) is 18.2 Å². The van der Waals surface area contributed by atoms with Crippen LogP contribution in [0.3, 0.4) is 0 Å². The van der Waals surface area contributed by atoms with Crippen molar-refractivity contribution >= 4 is 33.5 Å². The van der Waals surface area contributed by atoms with Crippen molar-refractivity contribution in [3.63, 3.8) is 0 Å². The highest BCUT2D eigenvalue weighted by Gasteiger charge is 2.13. The SMILES string of the molecule is CN1CCN(CCCn2nc(I)c3ccccc32)CC1. The summed E-state index contributed by atoms with van der Waals surface area (Å²) >= 11 is 2.33. The smallest absolute Gasteiger partial charge is 0.131 e. The van der Waals surface area contributed by atoms with E-state index in [9.17, 15) is 0 Å². The van der Waals surface area contributed by atoms with Crippen molar-refractivity contribution in [1.29, 1.82) is 0 Å². The first-order valence-corrected chi connectivity index (χ1v) is 8.34. The molecule has 0 unspecified atom stereocenters. The maximum atomic E-state index is 4.66. The summed E-state index contributed by atoms with van der Waals surface area (Å²) in [5.74, 6) is 0. The van der Waals surface area contributed by atoms with E-state index in [0.717, 1.165) is 10.2 Å². The molecule has 0 aliphatic carbocycles. The molecule has 1 aromatic heterocycles. The second-order valence-corrected chi connectivity index (χ2v) is 6.55. The number of hydrogen-bond acceptors (Lipinski definition) is 3. The molecule has 1 aromatic carbocycles. The van der Waals surface area contributed by atoms with Gasteiger partial charge in [-0.25, -0.2) is 0 Å². The third-order valence-electron chi connectivity index (χ3n) is 4.05. The molecule has 0 N–H and O–H groups in total. The number of aromatic nitrogens is 2. The number of halogens is 1. The first kappa shape index (κ1) is 14.3. The number of benzene rings is 1. The summed E-state index contributed by atoms with van der Waals surface area (Å²) in [6.45, 7) is 6.99. The van der Waals surface area contributed by atoms with Crippen molar-refractivity contribution in [2.75, 3.05) is 39.8 Å². The molecule has 1 aliphatic rings. The molecular weight excluding hydrogens is 363 g/mol. The van der Waals surface area contributed by atoms with Crippen LogP contribution in [0.5, 0.6) is 0 Å². The first-order chi connectivity index (χ1) is 9.74. The van der Waals surface area contributed by atoms with Crippen molar-refractivity contribution < 1.29 is 0 Å². The van der Waals surface area contributed by atoms with Crippen molar-refractivity contribution in [2.45, 2.75) is 13.0 Å². The number of hydrogen-bond donors (Lipinski definition) is 0. The fourth-order valence-corrected chi connectivity index (χ4v) is 3.49. The van der Waals surface area contributed by atoms with Gasteiger partial charge in [-0.2, -0.15) is 5.10 Å². The summed E-state index contributed by atoms with van der Waals surface area (Å²) in [6, 6.07) is 8.50. The predicted octanol–water partition coefficient (Wildman–Crippen LogP) is 2.28. The van der Waals surface area contributed by atoms with Crippen LogP contribution in [0.4, 0.5) is 0 Å². The van der Waals surface area contributed by atoms with E-state index in [4.69, 9.17) is 0 Å². The zero-order valence-electron chi connectivity index (χ0n) is 11.9. The third kappa shape index (κ3) is 3.15. The van der Waals surface area contributed by atoms with Crippen LogP contribution in [-0.4, -0.2) is 59.4 Å². The molecular formula is C15H21IN4. The van der Waals surface area contributed by atoms with Crippen LogP contribution < -0.4 is 0 Å². The predicted molar refractivity (Wildman–Crippen MR) is 91.0 cm³/mol. The van der Waals surface area contributed by atoms with E-state index in [1.807, 2.05) is 0 Å². The molecule has 1 fully saturated rings. The second kappa shape index (κ2) is 6.41. The minimum absolute atomic E-state index is 1.01. The Morgan fingerprint density at radius 1 is 1.10 bits per heavy atom. The summed E-state index contributed by atoms with van der Waals surface area (Å²) < 4.78 is 3.27. The second-order valence-electron chi connectivity index (χ2n) is 5.53. The molecule has 0 bridgehead atoms. The minimum Gasteiger partial charge on any atom is -0.304 e. The molecule has 2 aromatic rings. The lowest BCUT2D eigenvalue weighted by molar-refractivity contribution is 0.151. The third-order valence-corrected chi connectivity index (χ3v) is 4.85. The molecule has 0 atom stereocenters. The van der Waals surface area contributed by atoms with Crippen molar-refractivity contribution in [3.05, 3.63) is 28.0 Å². The van der Waals surface area contributed by atoms with Gasteiger partial charge in [-0.3, -0.25) is 4.68 Å². The van der Waals surface area contributed by atoms with Gasteiger partial charge in [0, 0.05) is 38.1 Å². The summed E-state index contributed by atoms with van der Waals surface area (Å²) in [4.78, 5) is 4.97. The molecule has 0 spiro atoms. The number of aryl methyl sites for hydroxylation is 1. The Balaban J connectivity index is 1.57. The van der Waals surface area contributed by atoms with Crippen LogP contribution in [0, 0.1) is 3.70 Å². The molecule has 4 nitrogen and oxygen atoms in total. The fraction of sp³-hybridized carbons (Fsp3) is 0.533. The Hall–Kier alpha value is -0.660. The summed E-state index contributed by atoms with van der Waals surface area (Å²) in [5.41, 5.74) is 1.26. The van der Waals surface area contributed by atoms with E-state index in [1.165, 1.54) is 50.0 Å². The highest BCUT2D eigenvalue weighted by Crippen LogP contribution is 2.20. The largest absolute Gasteiger partial charge is 0.304 e. The standard InChI is InChI=1S/C15H21IN4/c1-18-9-11-19(12-10-18)7-4-8-20-14-6-3-2-5-13(14)15(16)17-20/h2-3,5-6H,4,7-12H2,1H3. The molecule has 1 saturated heterocycles. The van der Waals surface area contributed by atoms with Crippen LogP contribution >= 0.6 is 22.6 Å². The highest BCUT2D eigenvalue weighted by molar-refractivity contribution is 14.1. The molecule has 0 saturated carbocycles. The van der Waals surface area contributed by atoms with Gasteiger partial charge >= 0.3 is 0 Å². The fourth-order valence-electron chi connectivity index (χ4n) is 2.77. The number of piperazine rings is 1. The zero-order chi connectivity index (χ0) is 13.9. The van der Waals surface area contributed by atoms with Gasteiger partial charge in [0.05, 0.1) is 5.52 Å². The quantitative estimate of drug-likeness (QED) is 0.757. The molecule has 5 heteroatoms. The summed E-state index contributed by atoms with van der Waals surface area (Å²) in [7, 11) is 2.20. The molecule has 108 valence electrons. The molecule has 0 radical (unpaired) electrons. The maximum Gasteiger partial charge on any atom is 0.131 e.